The number of hydrogen-bond donors (Lipinski definition) is 2. The first kappa shape index (κ1) is 26.5. The van der Waals surface area contributed by atoms with Gasteiger partial charge < -0.3 is 10.6 Å². The maximum atomic E-state index is 9.82. The van der Waals surface area contributed by atoms with E-state index in [2.05, 4.69) is 58.8 Å². The van der Waals surface area contributed by atoms with Gasteiger partial charge in [-0.15, -0.1) is 5.10 Å². The summed E-state index contributed by atoms with van der Waals surface area (Å²) in [5.74, 6) is 0. The minimum atomic E-state index is -1.33. The van der Waals surface area contributed by atoms with Gasteiger partial charge in [0, 0.05) is 23.8 Å². The first-order valence-electron chi connectivity index (χ1n) is 12.8. The Morgan fingerprint density at radius 3 is 2.56 bits per heavy atom. The van der Waals surface area contributed by atoms with Crippen molar-refractivity contribution in [3.63, 3.8) is 0 Å². The van der Waals surface area contributed by atoms with Crippen LogP contribution < -0.4 is 10.6 Å². The summed E-state index contributed by atoms with van der Waals surface area (Å²) in [5.41, 5.74) is 3.36. The fraction of sp³-hybridized carbons (Fsp3) is 0.345. The van der Waals surface area contributed by atoms with E-state index in [1.165, 1.54) is 6.20 Å². The first-order chi connectivity index (χ1) is 18.5. The quantitative estimate of drug-likeness (QED) is 0.288. The number of pyridine rings is 1. The van der Waals surface area contributed by atoms with Crippen LogP contribution in [0.2, 0.25) is 5.02 Å². The number of nitrogens with zero attached hydrogens (tertiary/aromatic N) is 6. The van der Waals surface area contributed by atoms with Crippen molar-refractivity contribution in [1.29, 1.82) is 10.5 Å². The van der Waals surface area contributed by atoms with Crippen molar-refractivity contribution in [3.05, 3.63) is 75.7 Å². The molecule has 194 valence electrons. The maximum absolute atomic E-state index is 9.82. The molecule has 39 heavy (non-hydrogen) atoms. The summed E-state index contributed by atoms with van der Waals surface area (Å²) in [7, 11) is 7.17. The van der Waals surface area contributed by atoms with Gasteiger partial charge in [0.2, 0.25) is 0 Å². The van der Waals surface area contributed by atoms with E-state index in [4.69, 9.17) is 19.4 Å². The second-order valence-electron chi connectivity index (χ2n) is 11.3. The molecule has 0 saturated heterocycles. The summed E-state index contributed by atoms with van der Waals surface area (Å²) in [6.07, 6.45) is 5.50. The molecule has 2 aromatic carbocycles. The first-order valence-corrected chi connectivity index (χ1v) is 13.2. The highest BCUT2D eigenvalue weighted by Crippen LogP contribution is 2.39. The Bertz CT molecular complexity index is 1660. The standard InChI is InChI=1S/C29H28BClN8/c1-17-18(12-32)6-5-7-23(17)29(30,25-15-39(38-37-25)21-8-9-21)36-20-10-22-26(35-16-28(2,3)4)19(13-33)14-34-27(22)24(31)11-20/h5-7,10-11,14-15,21,36H,8-9,16H2,1-4H3,(H,34,35). The van der Waals surface area contributed by atoms with Crippen molar-refractivity contribution in [2.24, 2.45) is 5.41 Å². The summed E-state index contributed by atoms with van der Waals surface area (Å²) in [6, 6.07) is 13.9. The molecule has 1 saturated carbocycles. The molecule has 10 heteroatoms. The van der Waals surface area contributed by atoms with Gasteiger partial charge in [0.1, 0.15) is 19.6 Å². The summed E-state index contributed by atoms with van der Waals surface area (Å²) in [4.78, 5) is 4.46. The smallest absolute Gasteiger partial charge is 0.119 e. The van der Waals surface area contributed by atoms with Gasteiger partial charge in [-0.3, -0.25) is 4.98 Å². The molecule has 0 spiro atoms. The van der Waals surface area contributed by atoms with E-state index in [1.54, 1.807) is 18.2 Å². The van der Waals surface area contributed by atoms with Crippen LogP contribution in [0.1, 0.15) is 67.6 Å². The molecular weight excluding hydrogens is 507 g/mol. The second-order valence-corrected chi connectivity index (χ2v) is 11.7. The van der Waals surface area contributed by atoms with Crippen LogP contribution in [-0.4, -0.2) is 34.4 Å². The number of rotatable bonds is 7. The number of fused-ring (bicyclic) bond motifs is 1. The Labute approximate surface area is 234 Å². The largest absolute Gasteiger partial charge is 0.383 e. The highest BCUT2D eigenvalue weighted by atomic mass is 35.5. The van der Waals surface area contributed by atoms with Gasteiger partial charge in [0.15, 0.2) is 0 Å². The molecule has 2 aromatic heterocycles. The molecule has 8 nitrogen and oxygen atoms in total. The van der Waals surface area contributed by atoms with Crippen molar-refractivity contribution in [3.8, 4) is 12.1 Å². The van der Waals surface area contributed by atoms with E-state index >= 15 is 0 Å². The third kappa shape index (κ3) is 5.15. The zero-order valence-electron chi connectivity index (χ0n) is 22.4. The Kier molecular flexibility index (Phi) is 6.74. The molecule has 2 radical (unpaired) electrons. The molecule has 0 aliphatic heterocycles. The topological polar surface area (TPSA) is 115 Å². The third-order valence-electron chi connectivity index (χ3n) is 6.90. The lowest BCUT2D eigenvalue weighted by Crippen LogP contribution is -2.38. The second kappa shape index (κ2) is 9.91. The lowest BCUT2D eigenvalue weighted by atomic mass is 9.68. The number of nitrogens with one attached hydrogen (secondary N) is 2. The van der Waals surface area contributed by atoms with Crippen molar-refractivity contribution < 1.29 is 0 Å². The Hall–Kier alpha value is -4.08. The predicted molar refractivity (Wildman–Crippen MR) is 154 cm³/mol. The van der Waals surface area contributed by atoms with Crippen LogP contribution in [0, 0.1) is 35.0 Å². The molecule has 1 atom stereocenters. The number of hydrogen-bond acceptors (Lipinski definition) is 7. The molecular formula is C29H28BClN8. The monoisotopic (exact) mass is 534 g/mol. The minimum Gasteiger partial charge on any atom is -0.383 e. The van der Waals surface area contributed by atoms with Crippen LogP contribution in [0.3, 0.4) is 0 Å². The van der Waals surface area contributed by atoms with Crippen LogP contribution in [0.15, 0.2) is 42.7 Å². The number of halogens is 1. The van der Waals surface area contributed by atoms with E-state index in [-0.39, 0.29) is 5.41 Å². The molecule has 2 N–H and O–H groups in total. The molecule has 1 aliphatic rings. The Balaban J connectivity index is 1.67. The number of aromatic nitrogens is 4. The minimum absolute atomic E-state index is 0.0228. The van der Waals surface area contributed by atoms with Crippen LogP contribution >= 0.6 is 11.6 Å². The van der Waals surface area contributed by atoms with E-state index in [0.717, 1.165) is 18.4 Å². The van der Waals surface area contributed by atoms with Crippen LogP contribution in [0.4, 0.5) is 11.4 Å². The zero-order chi connectivity index (χ0) is 27.9. The number of anilines is 2. The van der Waals surface area contributed by atoms with Crippen LogP contribution in [-0.2, 0) is 5.44 Å². The van der Waals surface area contributed by atoms with Gasteiger partial charge in [-0.25, -0.2) is 4.68 Å². The average Bonchev–Trinajstić information content (AvgIpc) is 3.62. The van der Waals surface area contributed by atoms with Crippen molar-refractivity contribution in [2.75, 3.05) is 17.2 Å². The average molecular weight is 535 g/mol. The summed E-state index contributed by atoms with van der Waals surface area (Å²) >= 11 is 6.74. The molecule has 1 unspecified atom stereocenters. The highest BCUT2D eigenvalue weighted by Gasteiger charge is 2.35. The molecule has 0 amide bonds. The fourth-order valence-corrected chi connectivity index (χ4v) is 4.88. The fourth-order valence-electron chi connectivity index (χ4n) is 4.62. The van der Waals surface area contributed by atoms with Crippen LogP contribution in [0.5, 0.6) is 0 Å². The van der Waals surface area contributed by atoms with E-state index < -0.39 is 5.44 Å². The van der Waals surface area contributed by atoms with Gasteiger partial charge in [0.25, 0.3) is 0 Å². The van der Waals surface area contributed by atoms with Gasteiger partial charge in [0.05, 0.1) is 51.1 Å². The van der Waals surface area contributed by atoms with Gasteiger partial charge in [-0.05, 0) is 54.5 Å². The maximum Gasteiger partial charge on any atom is 0.119 e. The molecule has 1 fully saturated rings. The summed E-state index contributed by atoms with van der Waals surface area (Å²) in [5, 5.41) is 36.3. The molecule has 2 heterocycles. The SMILES string of the molecule is [B]C(Nc1cc(Cl)c2ncc(C#N)c(NCC(C)(C)C)c2c1)(c1cn(C2CC2)nn1)c1cccc(C#N)c1C. The van der Waals surface area contributed by atoms with Crippen molar-refractivity contribution in [2.45, 2.75) is 52.0 Å². The lowest BCUT2D eigenvalue weighted by Gasteiger charge is -2.33. The number of benzene rings is 2. The molecule has 5 rings (SSSR count). The van der Waals surface area contributed by atoms with Gasteiger partial charge in [-0.2, -0.15) is 10.5 Å². The van der Waals surface area contributed by atoms with Crippen LogP contribution in [0.25, 0.3) is 10.9 Å². The summed E-state index contributed by atoms with van der Waals surface area (Å²) < 4.78 is 1.84. The molecule has 4 aromatic rings. The Morgan fingerprint density at radius 1 is 1.15 bits per heavy atom. The van der Waals surface area contributed by atoms with E-state index in [0.29, 0.717) is 62.3 Å². The predicted octanol–water partition coefficient (Wildman–Crippen LogP) is 5.81. The highest BCUT2D eigenvalue weighted by molar-refractivity contribution is 6.36. The Morgan fingerprint density at radius 2 is 1.90 bits per heavy atom. The normalized spacial score (nSPS) is 14.8. The molecule has 1 aliphatic carbocycles. The van der Waals surface area contributed by atoms with Crippen molar-refractivity contribution >= 4 is 41.7 Å². The van der Waals surface area contributed by atoms with Crippen molar-refractivity contribution in [1.82, 2.24) is 20.0 Å². The number of nitriles is 2. The van der Waals surface area contributed by atoms with Gasteiger partial charge in [-0.1, -0.05) is 49.7 Å². The van der Waals surface area contributed by atoms with E-state index in [1.807, 2.05) is 29.9 Å². The zero-order valence-corrected chi connectivity index (χ0v) is 23.1. The van der Waals surface area contributed by atoms with E-state index in [9.17, 15) is 10.5 Å². The third-order valence-corrected chi connectivity index (χ3v) is 7.18. The summed E-state index contributed by atoms with van der Waals surface area (Å²) in [6.45, 7) is 8.86. The van der Waals surface area contributed by atoms with Gasteiger partial charge >= 0.3 is 0 Å². The lowest BCUT2D eigenvalue weighted by molar-refractivity contribution is 0.443. The molecule has 0 bridgehead atoms.